The van der Waals surface area contributed by atoms with Gasteiger partial charge in [0.05, 0.1) is 11.7 Å². The van der Waals surface area contributed by atoms with E-state index in [9.17, 15) is 9.18 Å². The van der Waals surface area contributed by atoms with Crippen molar-refractivity contribution >= 4 is 17.5 Å². The van der Waals surface area contributed by atoms with Crippen molar-refractivity contribution in [3.8, 4) is 0 Å². The van der Waals surface area contributed by atoms with Crippen molar-refractivity contribution in [3.63, 3.8) is 0 Å². The molecule has 2 aliphatic rings. The van der Waals surface area contributed by atoms with E-state index in [1.807, 2.05) is 18.2 Å². The Morgan fingerprint density at radius 2 is 2.17 bits per heavy atom. The van der Waals surface area contributed by atoms with Gasteiger partial charge in [0, 0.05) is 36.5 Å². The van der Waals surface area contributed by atoms with Crippen LogP contribution in [0.5, 0.6) is 0 Å². The molecule has 1 aromatic carbocycles. The normalized spacial score (nSPS) is 23.3. The molecule has 0 aliphatic carbocycles. The van der Waals surface area contributed by atoms with Gasteiger partial charge in [-0.3, -0.25) is 14.7 Å². The van der Waals surface area contributed by atoms with Crippen molar-refractivity contribution in [2.45, 2.75) is 44.4 Å². The summed E-state index contributed by atoms with van der Waals surface area (Å²) in [4.78, 5) is 19.5. The Balaban J connectivity index is 1.50. The maximum absolute atomic E-state index is 14.3. The number of pyridine rings is 1. The Hall–Kier alpha value is -2.02. The molecule has 2 aliphatic heterocycles. The number of amides is 1. The summed E-state index contributed by atoms with van der Waals surface area (Å²) in [7, 11) is 0. The molecule has 3 unspecified atom stereocenters. The predicted octanol–water partition coefficient (Wildman–Crippen LogP) is 4.12. The molecule has 0 spiro atoms. The first kappa shape index (κ1) is 21.2. The zero-order chi connectivity index (χ0) is 20.9. The average molecular weight is 432 g/mol. The van der Waals surface area contributed by atoms with Gasteiger partial charge in [-0.1, -0.05) is 23.7 Å². The Labute approximate surface area is 181 Å². The van der Waals surface area contributed by atoms with Gasteiger partial charge in [0.15, 0.2) is 0 Å². The van der Waals surface area contributed by atoms with Crippen LogP contribution in [0.3, 0.4) is 0 Å². The van der Waals surface area contributed by atoms with Gasteiger partial charge < -0.3 is 10.1 Å². The zero-order valence-corrected chi connectivity index (χ0v) is 17.7. The lowest BCUT2D eigenvalue weighted by Gasteiger charge is -2.37. The molecule has 30 heavy (non-hydrogen) atoms. The van der Waals surface area contributed by atoms with E-state index in [0.29, 0.717) is 23.7 Å². The summed E-state index contributed by atoms with van der Waals surface area (Å²) >= 11 is 6.24. The molecule has 5 nitrogen and oxygen atoms in total. The maximum atomic E-state index is 14.3. The minimum atomic E-state index is -0.381. The highest BCUT2D eigenvalue weighted by Crippen LogP contribution is 2.31. The topological polar surface area (TPSA) is 54.5 Å². The van der Waals surface area contributed by atoms with Crippen LogP contribution in [0.1, 0.15) is 43.0 Å². The van der Waals surface area contributed by atoms with Crippen molar-refractivity contribution in [1.82, 2.24) is 15.2 Å². The van der Waals surface area contributed by atoms with Crippen LogP contribution in [0.4, 0.5) is 4.39 Å². The van der Waals surface area contributed by atoms with Crippen LogP contribution in [0.25, 0.3) is 0 Å². The minimum Gasteiger partial charge on any atom is -0.368 e. The van der Waals surface area contributed by atoms with Crippen molar-refractivity contribution in [3.05, 3.63) is 64.7 Å². The number of nitrogens with one attached hydrogen (secondary N) is 1. The van der Waals surface area contributed by atoms with Gasteiger partial charge in [-0.2, -0.15) is 0 Å². The van der Waals surface area contributed by atoms with Crippen LogP contribution in [0.2, 0.25) is 5.02 Å². The molecule has 1 amide bonds. The van der Waals surface area contributed by atoms with E-state index in [1.165, 1.54) is 6.07 Å². The van der Waals surface area contributed by atoms with E-state index >= 15 is 0 Å². The largest absolute Gasteiger partial charge is 0.368 e. The fourth-order valence-corrected chi connectivity index (χ4v) is 4.66. The number of nitrogens with zero attached hydrogens (tertiary/aromatic N) is 2. The molecule has 0 saturated carbocycles. The SMILES string of the molecule is O=C(NC(c1ccccn1)C1CCCN(Cc2c(F)cccc2Cl)C1)C1CCCO1. The third-order valence-corrected chi connectivity index (χ3v) is 6.34. The third-order valence-electron chi connectivity index (χ3n) is 5.98. The highest BCUT2D eigenvalue weighted by atomic mass is 35.5. The molecule has 3 atom stereocenters. The average Bonchev–Trinajstić information content (AvgIpc) is 3.31. The Bertz CT molecular complexity index is 841. The van der Waals surface area contributed by atoms with Gasteiger partial charge in [-0.25, -0.2) is 4.39 Å². The quantitative estimate of drug-likeness (QED) is 0.747. The van der Waals surface area contributed by atoms with E-state index in [0.717, 1.165) is 44.5 Å². The molecule has 4 rings (SSSR count). The molecule has 0 bridgehead atoms. The van der Waals surface area contributed by atoms with Gasteiger partial charge in [0.25, 0.3) is 0 Å². The number of ether oxygens (including phenoxy) is 1. The summed E-state index contributed by atoms with van der Waals surface area (Å²) in [6, 6.07) is 10.3. The van der Waals surface area contributed by atoms with Crippen molar-refractivity contribution in [2.75, 3.05) is 19.7 Å². The van der Waals surface area contributed by atoms with E-state index in [2.05, 4.69) is 15.2 Å². The minimum absolute atomic E-state index is 0.0718. The van der Waals surface area contributed by atoms with Crippen LogP contribution in [0.15, 0.2) is 42.6 Å². The van der Waals surface area contributed by atoms with Gasteiger partial charge in [0.1, 0.15) is 11.9 Å². The van der Waals surface area contributed by atoms with Gasteiger partial charge >= 0.3 is 0 Å². The summed E-state index contributed by atoms with van der Waals surface area (Å²) in [5.74, 6) is -0.181. The molecular weight excluding hydrogens is 405 g/mol. The number of rotatable bonds is 6. The lowest BCUT2D eigenvalue weighted by atomic mass is 9.88. The summed E-state index contributed by atoms with van der Waals surface area (Å²) in [5, 5.41) is 3.65. The van der Waals surface area contributed by atoms with Gasteiger partial charge in [0.2, 0.25) is 5.91 Å². The van der Waals surface area contributed by atoms with Gasteiger partial charge in [-0.05, 0) is 62.4 Å². The van der Waals surface area contributed by atoms with Crippen molar-refractivity contribution < 1.29 is 13.9 Å². The second-order valence-corrected chi connectivity index (χ2v) is 8.49. The molecule has 2 aromatic rings. The van der Waals surface area contributed by atoms with Crippen molar-refractivity contribution in [2.24, 2.45) is 5.92 Å². The summed E-state index contributed by atoms with van der Waals surface area (Å²) in [5.41, 5.74) is 1.37. The number of halogens is 2. The molecule has 2 fully saturated rings. The standard InChI is InChI=1S/C23H27ClFN3O2/c24-18-7-3-8-19(25)17(18)15-28-12-4-6-16(14-28)22(20-9-1-2-11-26-20)27-23(29)21-10-5-13-30-21/h1-3,7-9,11,16,21-22H,4-6,10,12-15H2,(H,27,29). The second kappa shape index (κ2) is 9.86. The molecular formula is C23H27ClFN3O2. The summed E-state index contributed by atoms with van der Waals surface area (Å²) in [6.45, 7) is 2.69. The van der Waals surface area contributed by atoms with E-state index in [-0.39, 0.29) is 29.8 Å². The number of carbonyl (C=O) groups excluding carboxylic acids is 1. The first-order valence-corrected chi connectivity index (χ1v) is 11.0. The van der Waals surface area contributed by atoms with E-state index in [1.54, 1.807) is 18.3 Å². The van der Waals surface area contributed by atoms with Crippen molar-refractivity contribution in [1.29, 1.82) is 0 Å². The van der Waals surface area contributed by atoms with Crippen LogP contribution in [-0.2, 0) is 16.1 Å². The lowest BCUT2D eigenvalue weighted by molar-refractivity contribution is -0.131. The summed E-state index contributed by atoms with van der Waals surface area (Å²) in [6.07, 6.45) is 4.97. The maximum Gasteiger partial charge on any atom is 0.249 e. The Kier molecular flexibility index (Phi) is 6.97. The lowest BCUT2D eigenvalue weighted by Crippen LogP contribution is -2.45. The van der Waals surface area contributed by atoms with E-state index < -0.39 is 0 Å². The van der Waals surface area contributed by atoms with Gasteiger partial charge in [-0.15, -0.1) is 0 Å². The molecule has 160 valence electrons. The highest BCUT2D eigenvalue weighted by molar-refractivity contribution is 6.31. The Morgan fingerprint density at radius 3 is 2.90 bits per heavy atom. The third kappa shape index (κ3) is 4.99. The smallest absolute Gasteiger partial charge is 0.249 e. The number of likely N-dealkylation sites (tertiary alicyclic amines) is 1. The first-order chi connectivity index (χ1) is 14.6. The Morgan fingerprint density at radius 1 is 1.27 bits per heavy atom. The zero-order valence-electron chi connectivity index (χ0n) is 16.9. The number of piperidine rings is 1. The number of carbonyl (C=O) groups is 1. The first-order valence-electron chi connectivity index (χ1n) is 10.6. The molecule has 1 N–H and O–H groups in total. The number of hydrogen-bond donors (Lipinski definition) is 1. The fraction of sp³-hybridized carbons (Fsp3) is 0.478. The van der Waals surface area contributed by atoms with Crippen LogP contribution in [0, 0.1) is 11.7 Å². The number of aromatic nitrogens is 1. The fourth-order valence-electron chi connectivity index (χ4n) is 4.44. The van der Waals surface area contributed by atoms with Crippen LogP contribution < -0.4 is 5.32 Å². The molecule has 7 heteroatoms. The predicted molar refractivity (Wildman–Crippen MR) is 114 cm³/mol. The monoisotopic (exact) mass is 431 g/mol. The molecule has 1 aromatic heterocycles. The van der Waals surface area contributed by atoms with E-state index in [4.69, 9.17) is 16.3 Å². The molecule has 3 heterocycles. The highest BCUT2D eigenvalue weighted by Gasteiger charge is 2.33. The number of hydrogen-bond acceptors (Lipinski definition) is 4. The molecule has 2 saturated heterocycles. The summed E-state index contributed by atoms with van der Waals surface area (Å²) < 4.78 is 19.8. The molecule has 0 radical (unpaired) electrons. The number of benzene rings is 1. The second-order valence-electron chi connectivity index (χ2n) is 8.08. The van der Waals surface area contributed by atoms with Crippen LogP contribution >= 0.6 is 11.6 Å². The van der Waals surface area contributed by atoms with Crippen LogP contribution in [-0.4, -0.2) is 41.6 Å².